The highest BCUT2D eigenvalue weighted by Gasteiger charge is 2.32. The van der Waals surface area contributed by atoms with Crippen LogP contribution in [-0.2, 0) is 27.2 Å². The zero-order valence-corrected chi connectivity index (χ0v) is 19.9. The average Bonchev–Trinajstić information content (AvgIpc) is 3.22. The molecule has 1 aliphatic rings. The Morgan fingerprint density at radius 1 is 1.03 bits per heavy atom. The Hall–Kier alpha value is -3.65. The summed E-state index contributed by atoms with van der Waals surface area (Å²) < 4.78 is 10.2. The summed E-state index contributed by atoms with van der Waals surface area (Å²) in [6.45, 7) is 2.71. The van der Waals surface area contributed by atoms with Crippen LogP contribution in [0.4, 0.5) is 9.80 Å². The second-order valence-electron chi connectivity index (χ2n) is 7.81. The maximum Gasteiger partial charge on any atom is 0.409 e. The minimum absolute atomic E-state index is 0.224. The van der Waals surface area contributed by atoms with Crippen LogP contribution in [-0.4, -0.2) is 43.1 Å². The number of thiophene rings is 1. The summed E-state index contributed by atoms with van der Waals surface area (Å²) in [5, 5.41) is 3.45. The zero-order valence-electron chi connectivity index (χ0n) is 19.1. The number of rotatable bonds is 6. The third kappa shape index (κ3) is 4.82. The van der Waals surface area contributed by atoms with Crippen molar-refractivity contribution in [3.8, 4) is 0 Å². The van der Waals surface area contributed by atoms with Crippen LogP contribution in [0.3, 0.4) is 0 Å². The highest BCUT2D eigenvalue weighted by atomic mass is 32.1. The monoisotopic (exact) mass is 478 g/mol. The lowest BCUT2D eigenvalue weighted by Gasteiger charge is -2.25. The number of ether oxygens (including phenoxy) is 2. The molecule has 34 heavy (non-hydrogen) atoms. The number of esters is 1. The van der Waals surface area contributed by atoms with Gasteiger partial charge in [0.2, 0.25) is 5.91 Å². The minimum atomic E-state index is -0.553. The molecule has 0 fully saturated rings. The van der Waals surface area contributed by atoms with E-state index in [9.17, 15) is 14.4 Å². The lowest BCUT2D eigenvalue weighted by atomic mass is 9.90. The van der Waals surface area contributed by atoms with Crippen molar-refractivity contribution in [1.82, 2.24) is 4.90 Å². The molecule has 8 heteroatoms. The van der Waals surface area contributed by atoms with Crippen molar-refractivity contribution in [3.05, 3.63) is 87.8 Å². The molecular weight excluding hydrogens is 452 g/mol. The Balaban J connectivity index is 1.70. The summed E-state index contributed by atoms with van der Waals surface area (Å²) in [5.41, 5.74) is 2.89. The van der Waals surface area contributed by atoms with Crippen molar-refractivity contribution >= 4 is 34.3 Å². The molecule has 0 saturated carbocycles. The first-order valence-corrected chi connectivity index (χ1v) is 11.9. The van der Waals surface area contributed by atoms with Gasteiger partial charge >= 0.3 is 12.1 Å². The predicted molar refractivity (Wildman–Crippen MR) is 130 cm³/mol. The van der Waals surface area contributed by atoms with E-state index < -0.39 is 18.0 Å². The molecule has 1 N–H and O–H groups in total. The lowest BCUT2D eigenvalue weighted by Crippen LogP contribution is -2.35. The first-order valence-electron chi connectivity index (χ1n) is 11.1. The number of hydrogen-bond acceptors (Lipinski definition) is 6. The van der Waals surface area contributed by atoms with Gasteiger partial charge in [0.1, 0.15) is 5.00 Å². The number of benzene rings is 2. The molecular formula is C26H26N2O5S. The Morgan fingerprint density at radius 3 is 2.21 bits per heavy atom. The van der Waals surface area contributed by atoms with E-state index in [2.05, 4.69) is 5.32 Å². The second kappa shape index (κ2) is 10.5. The molecule has 3 aromatic rings. The van der Waals surface area contributed by atoms with Gasteiger partial charge in [0.25, 0.3) is 0 Å². The van der Waals surface area contributed by atoms with Crippen LogP contribution in [0.25, 0.3) is 0 Å². The van der Waals surface area contributed by atoms with Gasteiger partial charge in [-0.3, -0.25) is 4.79 Å². The molecule has 0 radical (unpaired) electrons. The number of carbonyl (C=O) groups is 3. The number of nitrogens with zero attached hydrogens (tertiary/aromatic N) is 1. The van der Waals surface area contributed by atoms with Gasteiger partial charge in [-0.25, -0.2) is 9.59 Å². The maximum atomic E-state index is 13.6. The van der Waals surface area contributed by atoms with Crippen LogP contribution < -0.4 is 5.32 Å². The Labute approximate surface area is 202 Å². The second-order valence-corrected chi connectivity index (χ2v) is 8.92. The molecule has 2 aromatic carbocycles. The van der Waals surface area contributed by atoms with Crippen LogP contribution >= 0.6 is 11.3 Å². The van der Waals surface area contributed by atoms with E-state index in [-0.39, 0.29) is 12.5 Å². The fourth-order valence-corrected chi connectivity index (χ4v) is 5.42. The normalized spacial score (nSPS) is 12.7. The van der Waals surface area contributed by atoms with Crippen LogP contribution in [0, 0.1) is 0 Å². The molecule has 0 bridgehead atoms. The van der Waals surface area contributed by atoms with Crippen LogP contribution in [0.15, 0.2) is 60.7 Å². The largest absolute Gasteiger partial charge is 0.462 e. The SMILES string of the molecule is CCOC(=O)c1c(NC(=O)C(c2ccccc2)c2ccccc2)sc2c1CCN(C(=O)OC)C2. The Kier molecular flexibility index (Phi) is 7.27. The van der Waals surface area contributed by atoms with Gasteiger partial charge in [0.15, 0.2) is 0 Å². The lowest BCUT2D eigenvalue weighted by molar-refractivity contribution is -0.116. The summed E-state index contributed by atoms with van der Waals surface area (Å²) >= 11 is 1.30. The minimum Gasteiger partial charge on any atom is -0.462 e. The first-order chi connectivity index (χ1) is 16.5. The average molecular weight is 479 g/mol. The number of anilines is 1. The fourth-order valence-electron chi connectivity index (χ4n) is 4.17. The van der Waals surface area contributed by atoms with Crippen molar-refractivity contribution in [2.75, 3.05) is 25.6 Å². The van der Waals surface area contributed by atoms with Crippen molar-refractivity contribution in [1.29, 1.82) is 0 Å². The zero-order chi connectivity index (χ0) is 24.1. The highest BCUT2D eigenvalue weighted by Crippen LogP contribution is 2.39. The molecule has 7 nitrogen and oxygen atoms in total. The van der Waals surface area contributed by atoms with E-state index in [4.69, 9.17) is 9.47 Å². The third-order valence-electron chi connectivity index (χ3n) is 5.73. The van der Waals surface area contributed by atoms with Gasteiger partial charge in [0.05, 0.1) is 31.7 Å². The van der Waals surface area contributed by atoms with Gasteiger partial charge in [-0.15, -0.1) is 11.3 Å². The maximum absolute atomic E-state index is 13.6. The van der Waals surface area contributed by atoms with Crippen molar-refractivity contribution < 1.29 is 23.9 Å². The predicted octanol–water partition coefficient (Wildman–Crippen LogP) is 4.82. The molecule has 1 aliphatic heterocycles. The summed E-state index contributed by atoms with van der Waals surface area (Å²) in [6.07, 6.45) is 0.0571. The van der Waals surface area contributed by atoms with E-state index >= 15 is 0 Å². The molecule has 2 heterocycles. The van der Waals surface area contributed by atoms with E-state index in [0.29, 0.717) is 30.1 Å². The van der Waals surface area contributed by atoms with E-state index in [0.717, 1.165) is 21.6 Å². The van der Waals surface area contributed by atoms with Crippen molar-refractivity contribution in [2.24, 2.45) is 0 Å². The topological polar surface area (TPSA) is 84.9 Å². The number of hydrogen-bond donors (Lipinski definition) is 1. The van der Waals surface area contributed by atoms with E-state index in [1.165, 1.54) is 18.4 Å². The smallest absolute Gasteiger partial charge is 0.409 e. The molecule has 4 rings (SSSR count). The molecule has 0 aliphatic carbocycles. The quantitative estimate of drug-likeness (QED) is 0.514. The number of amides is 2. The molecule has 0 spiro atoms. The fraction of sp³-hybridized carbons (Fsp3) is 0.269. The third-order valence-corrected chi connectivity index (χ3v) is 6.87. The molecule has 176 valence electrons. The van der Waals surface area contributed by atoms with Crippen LogP contribution in [0.1, 0.15) is 44.8 Å². The number of nitrogens with one attached hydrogen (secondary N) is 1. The van der Waals surface area contributed by atoms with Crippen molar-refractivity contribution in [3.63, 3.8) is 0 Å². The first kappa shape index (κ1) is 23.5. The number of carbonyl (C=O) groups excluding carboxylic acids is 3. The van der Waals surface area contributed by atoms with E-state index in [1.54, 1.807) is 11.8 Å². The molecule has 0 saturated heterocycles. The summed E-state index contributed by atoms with van der Waals surface area (Å²) in [4.78, 5) is 41.0. The highest BCUT2D eigenvalue weighted by molar-refractivity contribution is 7.17. The number of fused-ring (bicyclic) bond motifs is 1. The van der Waals surface area contributed by atoms with Gasteiger partial charge in [-0.1, -0.05) is 60.7 Å². The molecule has 2 amide bonds. The van der Waals surface area contributed by atoms with Crippen LogP contribution in [0.2, 0.25) is 0 Å². The van der Waals surface area contributed by atoms with E-state index in [1.807, 2.05) is 60.7 Å². The molecule has 1 aromatic heterocycles. The standard InChI is InChI=1S/C26H26N2O5S/c1-3-33-25(30)22-19-14-15-28(26(31)32-2)16-20(19)34-24(22)27-23(29)21(17-10-6-4-7-11-17)18-12-8-5-9-13-18/h4-13,21H,3,14-16H2,1-2H3,(H,27,29). The molecule has 0 unspecified atom stereocenters. The summed E-state index contributed by atoms with van der Waals surface area (Å²) in [7, 11) is 1.34. The van der Waals surface area contributed by atoms with Gasteiger partial charge in [-0.05, 0) is 30.0 Å². The van der Waals surface area contributed by atoms with Crippen molar-refractivity contribution in [2.45, 2.75) is 25.8 Å². The molecule has 0 atom stereocenters. The Morgan fingerprint density at radius 2 is 1.65 bits per heavy atom. The van der Waals surface area contributed by atoms with Gasteiger partial charge < -0.3 is 19.7 Å². The number of methoxy groups -OCH3 is 1. The van der Waals surface area contributed by atoms with Gasteiger partial charge in [-0.2, -0.15) is 0 Å². The summed E-state index contributed by atoms with van der Waals surface area (Å²) in [6, 6.07) is 19.1. The van der Waals surface area contributed by atoms with Crippen LogP contribution in [0.5, 0.6) is 0 Å². The summed E-state index contributed by atoms with van der Waals surface area (Å²) in [5.74, 6) is -1.27. The van der Waals surface area contributed by atoms with Gasteiger partial charge in [0, 0.05) is 11.4 Å². The Bertz CT molecular complexity index is 1140.